The second-order valence-electron chi connectivity index (χ2n) is 7.52. The molecule has 0 bridgehead atoms. The third-order valence-electron chi connectivity index (χ3n) is 6.02. The van der Waals surface area contributed by atoms with Crippen molar-refractivity contribution in [3.8, 4) is 0 Å². The van der Waals surface area contributed by atoms with E-state index in [1.807, 2.05) is 11.9 Å². The highest BCUT2D eigenvalue weighted by Crippen LogP contribution is 2.35. The van der Waals surface area contributed by atoms with Crippen molar-refractivity contribution in [3.05, 3.63) is 16.8 Å². The van der Waals surface area contributed by atoms with Gasteiger partial charge < -0.3 is 15.1 Å². The highest BCUT2D eigenvalue weighted by molar-refractivity contribution is 7.18. The van der Waals surface area contributed by atoms with Crippen molar-refractivity contribution in [1.29, 1.82) is 0 Å². The third-order valence-corrected chi connectivity index (χ3v) is 7.13. The van der Waals surface area contributed by atoms with E-state index in [2.05, 4.69) is 34.0 Å². The molecular formula is C19H28ClN5OS. The first-order valence-corrected chi connectivity index (χ1v) is 10.3. The predicted octanol–water partition coefficient (Wildman–Crippen LogP) is 2.77. The van der Waals surface area contributed by atoms with Gasteiger partial charge in [-0.3, -0.25) is 4.79 Å². The zero-order valence-corrected chi connectivity index (χ0v) is 17.8. The lowest BCUT2D eigenvalue weighted by atomic mass is 9.94. The van der Waals surface area contributed by atoms with Crippen LogP contribution in [0.2, 0.25) is 0 Å². The Bertz CT molecular complexity index is 812. The normalized spacial score (nSPS) is 20.7. The number of thiophene rings is 1. The molecule has 0 aliphatic carbocycles. The number of amides is 1. The number of hydrogen-bond acceptors (Lipinski definition) is 6. The molecule has 27 heavy (non-hydrogen) atoms. The van der Waals surface area contributed by atoms with E-state index in [9.17, 15) is 4.79 Å². The average Bonchev–Trinajstić information content (AvgIpc) is 3.30. The van der Waals surface area contributed by atoms with Crippen molar-refractivity contribution in [2.45, 2.75) is 39.2 Å². The quantitative estimate of drug-likeness (QED) is 0.844. The number of nitrogens with one attached hydrogen (secondary N) is 1. The zero-order valence-electron chi connectivity index (χ0n) is 16.2. The molecule has 2 fully saturated rings. The minimum Gasteiger partial charge on any atom is -0.356 e. The summed E-state index contributed by atoms with van der Waals surface area (Å²) in [5.41, 5.74) is 1.28. The van der Waals surface area contributed by atoms with Crippen LogP contribution in [-0.2, 0) is 4.79 Å². The molecule has 2 aliphatic rings. The Morgan fingerprint density at radius 2 is 2.00 bits per heavy atom. The Hall–Kier alpha value is -1.44. The van der Waals surface area contributed by atoms with Crippen molar-refractivity contribution in [1.82, 2.24) is 20.2 Å². The van der Waals surface area contributed by atoms with E-state index in [1.165, 1.54) is 15.8 Å². The molecule has 148 valence electrons. The highest BCUT2D eigenvalue weighted by atomic mass is 35.5. The molecule has 0 radical (unpaired) electrons. The Balaban J connectivity index is 0.00000210. The van der Waals surface area contributed by atoms with Crippen LogP contribution in [-0.4, -0.2) is 60.0 Å². The minimum atomic E-state index is 0. The van der Waals surface area contributed by atoms with Gasteiger partial charge in [0, 0.05) is 43.5 Å². The molecule has 1 unspecified atom stereocenters. The monoisotopic (exact) mass is 409 g/mol. The first-order chi connectivity index (χ1) is 12.6. The van der Waals surface area contributed by atoms with Gasteiger partial charge in [-0.15, -0.1) is 23.7 Å². The molecule has 2 aliphatic heterocycles. The molecule has 6 nitrogen and oxygen atoms in total. The molecule has 1 N–H and O–H groups in total. The van der Waals surface area contributed by atoms with Gasteiger partial charge in [0.1, 0.15) is 17.0 Å². The molecule has 2 aromatic rings. The van der Waals surface area contributed by atoms with Crippen LogP contribution in [0.5, 0.6) is 0 Å². The fraction of sp³-hybridized carbons (Fsp3) is 0.632. The number of nitrogens with zero attached hydrogens (tertiary/aromatic N) is 4. The minimum absolute atomic E-state index is 0. The van der Waals surface area contributed by atoms with Crippen molar-refractivity contribution >= 4 is 45.7 Å². The molecule has 1 atom stereocenters. The number of aromatic nitrogens is 2. The van der Waals surface area contributed by atoms with E-state index < -0.39 is 0 Å². The van der Waals surface area contributed by atoms with E-state index in [-0.39, 0.29) is 18.3 Å². The summed E-state index contributed by atoms with van der Waals surface area (Å²) in [6.45, 7) is 8.01. The number of anilines is 1. The molecule has 4 heterocycles. The first-order valence-electron chi connectivity index (χ1n) is 9.49. The summed E-state index contributed by atoms with van der Waals surface area (Å²) in [7, 11) is 1.97. The number of piperidine rings is 1. The highest BCUT2D eigenvalue weighted by Gasteiger charge is 2.32. The van der Waals surface area contributed by atoms with Gasteiger partial charge in [0.25, 0.3) is 0 Å². The summed E-state index contributed by atoms with van der Waals surface area (Å²) in [5.74, 6) is 1.49. The summed E-state index contributed by atoms with van der Waals surface area (Å²) in [5, 5.41) is 4.54. The number of carbonyl (C=O) groups excluding carboxylic acids is 1. The van der Waals surface area contributed by atoms with Gasteiger partial charge in [-0.25, -0.2) is 9.97 Å². The number of aryl methyl sites for hydroxylation is 2. The molecule has 8 heteroatoms. The number of carbonyl (C=O) groups is 1. The number of hydrogen-bond donors (Lipinski definition) is 1. The van der Waals surface area contributed by atoms with Crippen LogP contribution >= 0.6 is 23.7 Å². The number of halogens is 1. The summed E-state index contributed by atoms with van der Waals surface area (Å²) >= 11 is 1.74. The van der Waals surface area contributed by atoms with E-state index in [0.717, 1.165) is 56.1 Å². The standard InChI is InChI=1S/C19H27N5OS.ClH/c1-12-13(2)26-18-16(12)17(21-11-22-18)24-8-5-14(6-9-24)19(25)23(3)15-4-7-20-10-15;/h11,14-15,20H,4-10H2,1-3H3;1H. The zero-order chi connectivity index (χ0) is 18.3. The number of likely N-dealkylation sites (N-methyl/N-ethyl adjacent to an activating group) is 1. The second kappa shape index (κ2) is 8.29. The second-order valence-corrected chi connectivity index (χ2v) is 8.72. The molecule has 0 aromatic carbocycles. The van der Waals surface area contributed by atoms with Gasteiger partial charge in [-0.05, 0) is 45.2 Å². The number of rotatable bonds is 3. The molecule has 0 saturated carbocycles. The van der Waals surface area contributed by atoms with E-state index in [1.54, 1.807) is 17.7 Å². The van der Waals surface area contributed by atoms with Crippen LogP contribution in [0.1, 0.15) is 29.7 Å². The average molecular weight is 410 g/mol. The van der Waals surface area contributed by atoms with Crippen molar-refractivity contribution in [3.63, 3.8) is 0 Å². The van der Waals surface area contributed by atoms with Crippen LogP contribution in [0, 0.1) is 19.8 Å². The molecule has 2 saturated heterocycles. The first kappa shape index (κ1) is 20.3. The van der Waals surface area contributed by atoms with Crippen molar-refractivity contribution in [2.24, 2.45) is 5.92 Å². The maximum atomic E-state index is 12.9. The Morgan fingerprint density at radius 3 is 2.67 bits per heavy atom. The molecule has 0 spiro atoms. The fourth-order valence-electron chi connectivity index (χ4n) is 4.18. The van der Waals surface area contributed by atoms with Crippen LogP contribution in [0.25, 0.3) is 10.2 Å². The lowest BCUT2D eigenvalue weighted by Crippen LogP contribution is -2.45. The summed E-state index contributed by atoms with van der Waals surface area (Å²) in [6, 6.07) is 0.360. The van der Waals surface area contributed by atoms with Crippen molar-refractivity contribution in [2.75, 3.05) is 38.1 Å². The Labute approximate surface area is 170 Å². The Morgan fingerprint density at radius 1 is 1.26 bits per heavy atom. The summed E-state index contributed by atoms with van der Waals surface area (Å²) < 4.78 is 0. The van der Waals surface area contributed by atoms with Crippen molar-refractivity contribution < 1.29 is 4.79 Å². The largest absolute Gasteiger partial charge is 0.356 e. The SMILES string of the molecule is Cc1sc2ncnc(N3CCC(C(=O)N(C)C4CCNC4)CC3)c2c1C.Cl. The molecular weight excluding hydrogens is 382 g/mol. The van der Waals surface area contributed by atoms with Gasteiger partial charge in [0.2, 0.25) is 5.91 Å². The van der Waals surface area contributed by atoms with Gasteiger partial charge in [0.15, 0.2) is 0 Å². The molecule has 1 amide bonds. The van der Waals surface area contributed by atoms with E-state index >= 15 is 0 Å². The van der Waals surface area contributed by atoms with Crippen LogP contribution in [0.4, 0.5) is 5.82 Å². The smallest absolute Gasteiger partial charge is 0.225 e. The van der Waals surface area contributed by atoms with E-state index in [0.29, 0.717) is 11.9 Å². The number of fused-ring (bicyclic) bond motifs is 1. The van der Waals surface area contributed by atoms with Crippen LogP contribution in [0.15, 0.2) is 6.33 Å². The van der Waals surface area contributed by atoms with E-state index in [4.69, 9.17) is 0 Å². The van der Waals surface area contributed by atoms with Crippen LogP contribution < -0.4 is 10.2 Å². The molecule has 2 aromatic heterocycles. The summed E-state index contributed by atoms with van der Waals surface area (Å²) in [6.07, 6.45) is 4.54. The van der Waals surface area contributed by atoms with Gasteiger partial charge >= 0.3 is 0 Å². The Kier molecular flexibility index (Phi) is 6.23. The maximum absolute atomic E-state index is 12.9. The topological polar surface area (TPSA) is 61.4 Å². The van der Waals surface area contributed by atoms with Gasteiger partial charge in [0.05, 0.1) is 5.39 Å². The summed E-state index contributed by atoms with van der Waals surface area (Å²) in [4.78, 5) is 28.6. The lowest BCUT2D eigenvalue weighted by molar-refractivity contribution is -0.136. The maximum Gasteiger partial charge on any atom is 0.225 e. The van der Waals surface area contributed by atoms with Crippen LogP contribution in [0.3, 0.4) is 0 Å². The third kappa shape index (κ3) is 3.77. The van der Waals surface area contributed by atoms with Gasteiger partial charge in [-0.2, -0.15) is 0 Å². The van der Waals surface area contributed by atoms with Gasteiger partial charge in [-0.1, -0.05) is 0 Å². The lowest BCUT2D eigenvalue weighted by Gasteiger charge is -2.35. The predicted molar refractivity (Wildman–Crippen MR) is 113 cm³/mol. The molecule has 4 rings (SSSR count). The fourth-order valence-corrected chi connectivity index (χ4v) is 5.17.